The van der Waals surface area contributed by atoms with Gasteiger partial charge in [-0.3, -0.25) is 0 Å². The standard InChI is InChI=1S/C19H21N5/c1-14-9-10-17(15(2)11-14)21-19-22-18(12-20-23-19)24(3)13-16-7-5-4-6-8-16/h4-12H,13H2,1-3H3,(H,21,22,23). The van der Waals surface area contributed by atoms with E-state index in [0.29, 0.717) is 5.95 Å². The molecule has 1 aromatic heterocycles. The van der Waals surface area contributed by atoms with Crippen molar-refractivity contribution in [1.82, 2.24) is 15.2 Å². The number of anilines is 3. The molecule has 122 valence electrons. The second-order valence-electron chi connectivity index (χ2n) is 5.92. The van der Waals surface area contributed by atoms with E-state index in [-0.39, 0.29) is 0 Å². The van der Waals surface area contributed by atoms with Crippen LogP contribution in [0.3, 0.4) is 0 Å². The summed E-state index contributed by atoms with van der Waals surface area (Å²) in [6, 6.07) is 16.5. The fourth-order valence-corrected chi connectivity index (χ4v) is 2.54. The van der Waals surface area contributed by atoms with E-state index in [1.165, 1.54) is 11.1 Å². The summed E-state index contributed by atoms with van der Waals surface area (Å²) in [5.74, 6) is 1.28. The Hall–Kier alpha value is -2.95. The van der Waals surface area contributed by atoms with E-state index in [2.05, 4.69) is 63.5 Å². The molecule has 0 spiro atoms. The summed E-state index contributed by atoms with van der Waals surface area (Å²) < 4.78 is 0. The quantitative estimate of drug-likeness (QED) is 0.773. The third kappa shape index (κ3) is 3.87. The van der Waals surface area contributed by atoms with Crippen molar-refractivity contribution in [2.45, 2.75) is 20.4 Å². The molecule has 0 fully saturated rings. The van der Waals surface area contributed by atoms with Gasteiger partial charge in [0, 0.05) is 19.3 Å². The van der Waals surface area contributed by atoms with Gasteiger partial charge in [0.2, 0.25) is 5.95 Å². The number of hydrogen-bond donors (Lipinski definition) is 1. The van der Waals surface area contributed by atoms with Crippen molar-refractivity contribution in [2.24, 2.45) is 0 Å². The van der Waals surface area contributed by atoms with Gasteiger partial charge in [-0.1, -0.05) is 48.0 Å². The lowest BCUT2D eigenvalue weighted by Crippen LogP contribution is -2.18. The van der Waals surface area contributed by atoms with E-state index in [4.69, 9.17) is 0 Å². The molecule has 0 atom stereocenters. The van der Waals surface area contributed by atoms with Crippen molar-refractivity contribution >= 4 is 17.5 Å². The van der Waals surface area contributed by atoms with Crippen molar-refractivity contribution in [2.75, 3.05) is 17.3 Å². The molecule has 1 N–H and O–H groups in total. The molecule has 0 bridgehead atoms. The molecule has 0 amide bonds. The Bertz CT molecular complexity index is 817. The molecule has 0 unspecified atom stereocenters. The van der Waals surface area contributed by atoms with E-state index >= 15 is 0 Å². The van der Waals surface area contributed by atoms with E-state index in [1.807, 2.05) is 31.3 Å². The van der Waals surface area contributed by atoms with Gasteiger partial charge in [-0.15, -0.1) is 5.10 Å². The van der Waals surface area contributed by atoms with Gasteiger partial charge >= 0.3 is 0 Å². The fraction of sp³-hybridized carbons (Fsp3) is 0.211. The third-order valence-corrected chi connectivity index (χ3v) is 3.83. The normalized spacial score (nSPS) is 10.5. The first kappa shape index (κ1) is 15.9. The van der Waals surface area contributed by atoms with Crippen molar-refractivity contribution in [3.8, 4) is 0 Å². The van der Waals surface area contributed by atoms with Gasteiger partial charge < -0.3 is 10.2 Å². The summed E-state index contributed by atoms with van der Waals surface area (Å²) in [7, 11) is 2.00. The van der Waals surface area contributed by atoms with Crippen LogP contribution in [-0.2, 0) is 6.54 Å². The molecule has 0 aliphatic carbocycles. The number of hydrogen-bond acceptors (Lipinski definition) is 5. The van der Waals surface area contributed by atoms with Crippen molar-refractivity contribution in [3.05, 3.63) is 71.4 Å². The van der Waals surface area contributed by atoms with Gasteiger partial charge in [0.15, 0.2) is 5.82 Å². The largest absolute Gasteiger partial charge is 0.354 e. The predicted octanol–water partition coefficient (Wildman–Crippen LogP) is 3.87. The van der Waals surface area contributed by atoms with Crippen LogP contribution in [-0.4, -0.2) is 22.2 Å². The highest BCUT2D eigenvalue weighted by Crippen LogP contribution is 2.20. The summed E-state index contributed by atoms with van der Waals surface area (Å²) in [5.41, 5.74) is 4.60. The number of aryl methyl sites for hydroxylation is 2. The molecule has 5 nitrogen and oxygen atoms in total. The minimum atomic E-state index is 0.499. The molecule has 5 heteroatoms. The van der Waals surface area contributed by atoms with Gasteiger partial charge in [0.1, 0.15) is 0 Å². The zero-order chi connectivity index (χ0) is 16.9. The Morgan fingerprint density at radius 3 is 2.58 bits per heavy atom. The summed E-state index contributed by atoms with van der Waals surface area (Å²) in [6.07, 6.45) is 1.68. The highest BCUT2D eigenvalue weighted by Gasteiger charge is 2.08. The molecule has 3 aromatic rings. The van der Waals surface area contributed by atoms with Gasteiger partial charge in [0.25, 0.3) is 0 Å². The molecule has 0 saturated carbocycles. The summed E-state index contributed by atoms with van der Waals surface area (Å²) in [6.45, 7) is 4.91. The zero-order valence-electron chi connectivity index (χ0n) is 14.2. The van der Waals surface area contributed by atoms with E-state index < -0.39 is 0 Å². The maximum absolute atomic E-state index is 4.57. The smallest absolute Gasteiger partial charge is 0.249 e. The van der Waals surface area contributed by atoms with Gasteiger partial charge in [0.05, 0.1) is 6.20 Å². The van der Waals surface area contributed by atoms with Gasteiger partial charge in [-0.05, 0) is 31.0 Å². The molecule has 0 radical (unpaired) electrons. The van der Waals surface area contributed by atoms with Gasteiger partial charge in [-0.25, -0.2) is 0 Å². The van der Waals surface area contributed by atoms with Crippen LogP contribution in [0.15, 0.2) is 54.7 Å². The first-order valence-electron chi connectivity index (χ1n) is 7.91. The third-order valence-electron chi connectivity index (χ3n) is 3.83. The van der Waals surface area contributed by atoms with Crippen LogP contribution in [0, 0.1) is 13.8 Å². The highest BCUT2D eigenvalue weighted by molar-refractivity contribution is 5.59. The van der Waals surface area contributed by atoms with Crippen molar-refractivity contribution in [3.63, 3.8) is 0 Å². The fourth-order valence-electron chi connectivity index (χ4n) is 2.54. The Balaban J connectivity index is 1.76. The van der Waals surface area contributed by atoms with Gasteiger partial charge in [-0.2, -0.15) is 10.1 Å². The zero-order valence-corrected chi connectivity index (χ0v) is 14.2. The van der Waals surface area contributed by atoms with E-state index in [9.17, 15) is 0 Å². The maximum Gasteiger partial charge on any atom is 0.249 e. The molecule has 3 rings (SSSR count). The molecule has 0 aliphatic heterocycles. The predicted molar refractivity (Wildman–Crippen MR) is 97.6 cm³/mol. The number of nitrogens with one attached hydrogen (secondary N) is 1. The summed E-state index contributed by atoms with van der Waals surface area (Å²) in [4.78, 5) is 6.62. The second-order valence-corrected chi connectivity index (χ2v) is 5.92. The average Bonchev–Trinajstić information content (AvgIpc) is 2.59. The minimum Gasteiger partial charge on any atom is -0.354 e. The molecule has 0 aliphatic rings. The van der Waals surface area contributed by atoms with Crippen LogP contribution in [0.4, 0.5) is 17.5 Å². The lowest BCUT2D eigenvalue weighted by molar-refractivity contribution is 0.866. The Morgan fingerprint density at radius 1 is 1.04 bits per heavy atom. The summed E-state index contributed by atoms with van der Waals surface area (Å²) >= 11 is 0. The SMILES string of the molecule is Cc1ccc(Nc2nncc(N(C)Cc3ccccc3)n2)c(C)c1. The van der Waals surface area contributed by atoms with Crippen LogP contribution < -0.4 is 10.2 Å². The molecular weight excluding hydrogens is 298 g/mol. The molecule has 0 saturated heterocycles. The van der Waals surface area contributed by atoms with Crippen LogP contribution in [0.25, 0.3) is 0 Å². The Labute approximate surface area is 142 Å². The van der Waals surface area contributed by atoms with Crippen molar-refractivity contribution < 1.29 is 0 Å². The van der Waals surface area contributed by atoms with Crippen LogP contribution in [0.1, 0.15) is 16.7 Å². The molecule has 1 heterocycles. The first-order valence-corrected chi connectivity index (χ1v) is 7.91. The second kappa shape index (κ2) is 7.08. The Kier molecular flexibility index (Phi) is 4.70. The average molecular weight is 319 g/mol. The molecular formula is C19H21N5. The number of benzene rings is 2. The number of nitrogens with zero attached hydrogens (tertiary/aromatic N) is 4. The van der Waals surface area contributed by atoms with Crippen LogP contribution >= 0.6 is 0 Å². The Morgan fingerprint density at radius 2 is 1.83 bits per heavy atom. The highest BCUT2D eigenvalue weighted by atomic mass is 15.3. The van der Waals surface area contributed by atoms with Crippen LogP contribution in [0.5, 0.6) is 0 Å². The van der Waals surface area contributed by atoms with Crippen molar-refractivity contribution in [1.29, 1.82) is 0 Å². The van der Waals surface area contributed by atoms with E-state index in [0.717, 1.165) is 23.6 Å². The minimum absolute atomic E-state index is 0.499. The van der Waals surface area contributed by atoms with E-state index in [1.54, 1.807) is 6.20 Å². The lowest BCUT2D eigenvalue weighted by atomic mass is 10.1. The topological polar surface area (TPSA) is 53.9 Å². The maximum atomic E-state index is 4.57. The number of rotatable bonds is 5. The molecule has 24 heavy (non-hydrogen) atoms. The lowest BCUT2D eigenvalue weighted by Gasteiger charge is -2.18. The molecule has 2 aromatic carbocycles. The summed E-state index contributed by atoms with van der Waals surface area (Å²) in [5, 5.41) is 11.4. The van der Waals surface area contributed by atoms with Crippen LogP contribution in [0.2, 0.25) is 0 Å². The number of aromatic nitrogens is 3. The first-order chi connectivity index (χ1) is 11.6. The monoisotopic (exact) mass is 319 g/mol.